The molecule has 2 atom stereocenters. The van der Waals surface area contributed by atoms with Crippen molar-refractivity contribution in [2.24, 2.45) is 0 Å². The lowest BCUT2D eigenvalue weighted by Crippen LogP contribution is -2.48. The van der Waals surface area contributed by atoms with E-state index in [1.807, 2.05) is 20.8 Å². The first-order chi connectivity index (χ1) is 18.5. The topological polar surface area (TPSA) is 82.5 Å². The fourth-order valence-corrected chi connectivity index (χ4v) is 5.21. The Kier molecular flexibility index (Phi) is 10.6. The Morgan fingerprint density at radius 3 is 2.56 bits per heavy atom. The monoisotopic (exact) mass is 546 g/mol. The molecule has 0 spiro atoms. The highest BCUT2D eigenvalue weighted by atomic mass is 19.1. The van der Waals surface area contributed by atoms with E-state index in [0.717, 1.165) is 32.1 Å². The second-order valence-corrected chi connectivity index (χ2v) is 10.9. The van der Waals surface area contributed by atoms with Crippen LogP contribution in [0.2, 0.25) is 0 Å². The van der Waals surface area contributed by atoms with Crippen LogP contribution in [0, 0.1) is 11.6 Å². The first kappa shape index (κ1) is 30.7. The molecule has 0 aliphatic heterocycles. The van der Waals surface area contributed by atoms with Crippen LogP contribution < -0.4 is 10.6 Å². The van der Waals surface area contributed by atoms with Gasteiger partial charge in [0, 0.05) is 38.4 Å². The number of amides is 2. The predicted molar refractivity (Wildman–Crippen MR) is 150 cm³/mol. The summed E-state index contributed by atoms with van der Waals surface area (Å²) < 4.78 is 29.7. The van der Waals surface area contributed by atoms with Crippen molar-refractivity contribution in [3.05, 3.63) is 47.4 Å². The van der Waals surface area contributed by atoms with Crippen LogP contribution in [0.15, 0.2) is 24.7 Å². The van der Waals surface area contributed by atoms with Gasteiger partial charge in [-0.25, -0.2) is 13.8 Å². The molecule has 2 amide bonds. The number of halogens is 2. The molecule has 8 nitrogen and oxygen atoms in total. The third-order valence-electron chi connectivity index (χ3n) is 7.79. The third kappa shape index (κ3) is 7.63. The van der Waals surface area contributed by atoms with Crippen LogP contribution in [0.1, 0.15) is 65.0 Å². The minimum atomic E-state index is -0.881. The molecule has 0 radical (unpaired) electrons. The summed E-state index contributed by atoms with van der Waals surface area (Å²) in [5, 5.41) is 6.27. The lowest BCUT2D eigenvalue weighted by Gasteiger charge is -2.31. The number of anilines is 1. The number of hydrogen-bond donors (Lipinski definition) is 2. The minimum Gasteiger partial charge on any atom is -0.342 e. The quantitative estimate of drug-likeness (QED) is 0.398. The van der Waals surface area contributed by atoms with Gasteiger partial charge in [-0.3, -0.25) is 9.59 Å². The van der Waals surface area contributed by atoms with Crippen LogP contribution in [0.25, 0.3) is 0 Å². The van der Waals surface area contributed by atoms with E-state index in [2.05, 4.69) is 34.4 Å². The molecule has 2 N–H and O–H groups in total. The molecule has 1 heterocycles. The Morgan fingerprint density at radius 1 is 1.18 bits per heavy atom. The van der Waals surface area contributed by atoms with E-state index in [9.17, 15) is 18.4 Å². The molecule has 0 saturated carbocycles. The number of aryl methyl sites for hydroxylation is 1. The summed E-state index contributed by atoms with van der Waals surface area (Å²) in [5.74, 6) is -0.996. The molecule has 0 bridgehead atoms. The Labute approximate surface area is 231 Å². The van der Waals surface area contributed by atoms with Crippen molar-refractivity contribution in [3.63, 3.8) is 0 Å². The predicted octanol–water partition coefficient (Wildman–Crippen LogP) is 3.95. The maximum absolute atomic E-state index is 14.4. The summed E-state index contributed by atoms with van der Waals surface area (Å²) in [4.78, 5) is 34.8. The summed E-state index contributed by atoms with van der Waals surface area (Å²) in [6.45, 7) is 13.2. The Morgan fingerprint density at radius 2 is 1.90 bits per heavy atom. The van der Waals surface area contributed by atoms with Gasteiger partial charge >= 0.3 is 0 Å². The van der Waals surface area contributed by atoms with Gasteiger partial charge in [-0.15, -0.1) is 0 Å². The first-order valence-electron chi connectivity index (χ1n) is 14.1. The van der Waals surface area contributed by atoms with E-state index in [-0.39, 0.29) is 17.9 Å². The second-order valence-electron chi connectivity index (χ2n) is 10.9. The van der Waals surface area contributed by atoms with Gasteiger partial charge in [0.2, 0.25) is 11.8 Å². The normalized spacial score (nSPS) is 16.2. The van der Waals surface area contributed by atoms with Gasteiger partial charge in [-0.05, 0) is 69.8 Å². The highest BCUT2D eigenvalue weighted by Crippen LogP contribution is 2.26. The average molecular weight is 547 g/mol. The van der Waals surface area contributed by atoms with Crippen molar-refractivity contribution in [3.8, 4) is 0 Å². The Balaban J connectivity index is 1.63. The molecular weight excluding hydrogens is 502 g/mol. The molecule has 2 aromatic rings. The molecule has 1 aliphatic rings. The van der Waals surface area contributed by atoms with Crippen LogP contribution in [-0.4, -0.2) is 76.5 Å². The van der Waals surface area contributed by atoms with E-state index in [0.29, 0.717) is 49.2 Å². The molecule has 0 fully saturated rings. The molecule has 1 unspecified atom stereocenters. The van der Waals surface area contributed by atoms with Crippen LogP contribution >= 0.6 is 0 Å². The third-order valence-corrected chi connectivity index (χ3v) is 7.79. The number of imidazole rings is 1. The lowest BCUT2D eigenvalue weighted by atomic mass is 9.87. The van der Waals surface area contributed by atoms with E-state index in [4.69, 9.17) is 0 Å². The zero-order chi connectivity index (χ0) is 28.7. The number of likely N-dealkylation sites (N-methyl/N-ethyl adjacent to an activating group) is 2. The number of hydrogen-bond acceptors (Lipinski definition) is 5. The highest BCUT2D eigenvalue weighted by molar-refractivity contribution is 5.94. The van der Waals surface area contributed by atoms with Gasteiger partial charge in [0.15, 0.2) is 5.82 Å². The maximum atomic E-state index is 14.4. The fraction of sp³-hybridized carbons (Fsp3) is 0.621. The van der Waals surface area contributed by atoms with Crippen LogP contribution in [0.3, 0.4) is 0 Å². The number of nitrogens with one attached hydrogen (secondary N) is 2. The molecule has 10 heteroatoms. The number of benzene rings is 1. The molecule has 216 valence electrons. The molecule has 1 aromatic heterocycles. The van der Waals surface area contributed by atoms with E-state index in [1.165, 1.54) is 6.07 Å². The van der Waals surface area contributed by atoms with Crippen molar-refractivity contribution < 1.29 is 18.4 Å². The van der Waals surface area contributed by atoms with E-state index >= 15 is 0 Å². The van der Waals surface area contributed by atoms with Gasteiger partial charge in [0.1, 0.15) is 17.2 Å². The fourth-order valence-electron chi connectivity index (χ4n) is 5.21. The molecule has 39 heavy (non-hydrogen) atoms. The zero-order valence-electron chi connectivity index (χ0n) is 24.2. The second kappa shape index (κ2) is 13.5. The molecule has 1 aliphatic carbocycles. The Hall–Kier alpha value is -2.85. The lowest BCUT2D eigenvalue weighted by molar-refractivity contribution is -0.138. The van der Waals surface area contributed by atoms with Gasteiger partial charge in [-0.2, -0.15) is 0 Å². The number of nitrogens with zero attached hydrogens (tertiary/aromatic N) is 4. The number of fused-ring (bicyclic) bond motifs is 1. The summed E-state index contributed by atoms with van der Waals surface area (Å²) in [5.41, 5.74) is 0.334. The van der Waals surface area contributed by atoms with Gasteiger partial charge in [0.05, 0.1) is 12.4 Å². The standard InChI is InChI=1S/C29H44F2N6O2/c1-7-10-25(33-22-12-11-20-15-21(30)16-24(31)23(20)17-22)27(38)34-26-18-37(19-32-26)29(4,5)28(39)35(6)13-14-36(8-2)9-3/h15-16,18-19,22,25,33H,7-14,17H2,1-6H3,(H,34,38)/t22?,25-/m0/s1. The van der Waals surface area contributed by atoms with Crippen molar-refractivity contribution in [1.82, 2.24) is 24.7 Å². The number of rotatable bonds is 13. The van der Waals surface area contributed by atoms with Crippen LogP contribution in [0.4, 0.5) is 14.6 Å². The number of carbonyl (C=O) groups is 2. The molecular formula is C29H44F2N6O2. The van der Waals surface area contributed by atoms with Crippen molar-refractivity contribution in [2.75, 3.05) is 38.5 Å². The maximum Gasteiger partial charge on any atom is 0.248 e. The number of aromatic nitrogens is 2. The van der Waals surface area contributed by atoms with E-state index in [1.54, 1.807) is 29.0 Å². The SMILES string of the molecule is CCC[C@H](NC1CCc2cc(F)cc(F)c2C1)C(=O)Nc1cn(C(C)(C)C(=O)N(C)CCN(CC)CC)cn1. The Bertz CT molecular complexity index is 1130. The smallest absolute Gasteiger partial charge is 0.248 e. The van der Waals surface area contributed by atoms with Crippen LogP contribution in [-0.2, 0) is 28.0 Å². The minimum absolute atomic E-state index is 0.0415. The summed E-state index contributed by atoms with van der Waals surface area (Å²) >= 11 is 0. The van der Waals surface area contributed by atoms with Gasteiger partial charge in [0.25, 0.3) is 0 Å². The highest BCUT2D eigenvalue weighted by Gasteiger charge is 2.33. The summed E-state index contributed by atoms with van der Waals surface area (Å²) in [6.07, 6.45) is 6.27. The molecule has 1 aromatic carbocycles. The first-order valence-corrected chi connectivity index (χ1v) is 14.1. The summed E-state index contributed by atoms with van der Waals surface area (Å²) in [6, 6.07) is 1.73. The average Bonchev–Trinajstić information content (AvgIpc) is 3.38. The van der Waals surface area contributed by atoms with Crippen molar-refractivity contribution in [1.29, 1.82) is 0 Å². The van der Waals surface area contributed by atoms with Crippen molar-refractivity contribution >= 4 is 17.6 Å². The van der Waals surface area contributed by atoms with E-state index < -0.39 is 23.2 Å². The largest absolute Gasteiger partial charge is 0.342 e. The van der Waals surface area contributed by atoms with Gasteiger partial charge in [-0.1, -0.05) is 27.2 Å². The molecule has 0 saturated heterocycles. The number of carbonyl (C=O) groups excluding carboxylic acids is 2. The van der Waals surface area contributed by atoms with Crippen LogP contribution in [0.5, 0.6) is 0 Å². The van der Waals surface area contributed by atoms with Gasteiger partial charge < -0.3 is 25.0 Å². The molecule has 3 rings (SSSR count). The van der Waals surface area contributed by atoms with Crippen molar-refractivity contribution in [2.45, 2.75) is 84.3 Å². The summed E-state index contributed by atoms with van der Waals surface area (Å²) in [7, 11) is 1.81. The zero-order valence-corrected chi connectivity index (χ0v) is 24.2.